The Labute approximate surface area is 119 Å². The number of aromatic nitrogens is 2. The van der Waals surface area contributed by atoms with Gasteiger partial charge in [0.25, 0.3) is 0 Å². The molecule has 0 radical (unpaired) electrons. The molecule has 0 aliphatic rings. The maximum Gasteiger partial charge on any atom is 0.123 e. The van der Waals surface area contributed by atoms with E-state index in [1.165, 1.54) is 0 Å². The Morgan fingerprint density at radius 2 is 2.05 bits per heavy atom. The van der Waals surface area contributed by atoms with Crippen LogP contribution in [0, 0.1) is 12.7 Å². The van der Waals surface area contributed by atoms with Crippen molar-refractivity contribution in [1.29, 1.82) is 0 Å². The fourth-order valence-electron chi connectivity index (χ4n) is 2.35. The second-order valence-corrected chi connectivity index (χ2v) is 5.08. The van der Waals surface area contributed by atoms with Crippen molar-refractivity contribution in [1.82, 2.24) is 15.1 Å². The quantitative estimate of drug-likeness (QED) is 0.875. The van der Waals surface area contributed by atoms with Crippen molar-refractivity contribution >= 4 is 0 Å². The average Bonchev–Trinajstić information content (AvgIpc) is 2.87. The number of rotatable bonds is 6. The Morgan fingerprint density at radius 1 is 1.25 bits per heavy atom. The summed E-state index contributed by atoms with van der Waals surface area (Å²) in [6.07, 6.45) is 4.91. The molecule has 0 amide bonds. The lowest BCUT2D eigenvalue weighted by Gasteiger charge is -2.18. The van der Waals surface area contributed by atoms with E-state index in [1.54, 1.807) is 12.1 Å². The summed E-state index contributed by atoms with van der Waals surface area (Å²) >= 11 is 0. The molecule has 1 N–H and O–H groups in total. The van der Waals surface area contributed by atoms with Gasteiger partial charge in [0, 0.05) is 18.3 Å². The molecule has 0 saturated heterocycles. The van der Waals surface area contributed by atoms with Crippen LogP contribution < -0.4 is 5.32 Å². The second-order valence-electron chi connectivity index (χ2n) is 5.08. The summed E-state index contributed by atoms with van der Waals surface area (Å²) < 4.78 is 15.5. The maximum absolute atomic E-state index is 13.6. The number of nitrogens with zero attached hydrogens (tertiary/aromatic N) is 2. The Morgan fingerprint density at radius 3 is 2.65 bits per heavy atom. The molecule has 108 valence electrons. The molecular weight excluding hydrogens is 253 g/mol. The van der Waals surface area contributed by atoms with Crippen LogP contribution in [-0.4, -0.2) is 16.3 Å². The minimum absolute atomic E-state index is 0.00958. The van der Waals surface area contributed by atoms with Crippen LogP contribution in [-0.2, 0) is 6.54 Å². The molecule has 0 saturated carbocycles. The molecule has 1 aromatic carbocycles. The normalized spacial score (nSPS) is 12.6. The van der Waals surface area contributed by atoms with Crippen molar-refractivity contribution in [2.75, 3.05) is 6.54 Å². The molecule has 0 bridgehead atoms. The van der Waals surface area contributed by atoms with Gasteiger partial charge in [0.05, 0.1) is 12.2 Å². The number of benzene rings is 1. The van der Waals surface area contributed by atoms with E-state index in [0.29, 0.717) is 0 Å². The van der Waals surface area contributed by atoms with Crippen LogP contribution in [0.5, 0.6) is 0 Å². The minimum Gasteiger partial charge on any atom is -0.306 e. The summed E-state index contributed by atoms with van der Waals surface area (Å²) in [4.78, 5) is 0. The summed E-state index contributed by atoms with van der Waals surface area (Å²) in [6.45, 7) is 7.81. The van der Waals surface area contributed by atoms with Gasteiger partial charge in [0.1, 0.15) is 5.82 Å². The SMILES string of the molecule is CCCNC(c1cc(C)cc(F)c1)c1cnn(CC)c1. The molecule has 20 heavy (non-hydrogen) atoms. The van der Waals surface area contributed by atoms with Gasteiger partial charge >= 0.3 is 0 Å². The van der Waals surface area contributed by atoms with E-state index in [0.717, 1.165) is 36.2 Å². The van der Waals surface area contributed by atoms with Gasteiger partial charge in [-0.1, -0.05) is 13.0 Å². The number of nitrogens with one attached hydrogen (secondary N) is 1. The highest BCUT2D eigenvalue weighted by Gasteiger charge is 2.16. The van der Waals surface area contributed by atoms with Crippen LogP contribution in [0.3, 0.4) is 0 Å². The van der Waals surface area contributed by atoms with Gasteiger partial charge in [-0.2, -0.15) is 5.10 Å². The molecule has 0 spiro atoms. The van der Waals surface area contributed by atoms with Crippen LogP contribution in [0.4, 0.5) is 4.39 Å². The Balaban J connectivity index is 2.35. The first kappa shape index (κ1) is 14.7. The standard InChI is InChI=1S/C16H22FN3/c1-4-6-18-16(14-10-19-20(5-2)11-14)13-7-12(3)8-15(17)9-13/h7-11,16,18H,4-6H2,1-3H3. The largest absolute Gasteiger partial charge is 0.306 e. The van der Waals surface area contributed by atoms with Crippen LogP contribution in [0.15, 0.2) is 30.6 Å². The molecular formula is C16H22FN3. The van der Waals surface area contributed by atoms with Crippen molar-refractivity contribution in [3.05, 3.63) is 53.1 Å². The number of halogens is 1. The lowest BCUT2D eigenvalue weighted by atomic mass is 9.99. The molecule has 4 heteroatoms. The highest BCUT2D eigenvalue weighted by molar-refractivity contribution is 5.32. The lowest BCUT2D eigenvalue weighted by Crippen LogP contribution is -2.23. The Kier molecular flexibility index (Phi) is 4.90. The third-order valence-corrected chi connectivity index (χ3v) is 3.31. The molecule has 1 unspecified atom stereocenters. The summed E-state index contributed by atoms with van der Waals surface area (Å²) in [5.74, 6) is -0.189. The van der Waals surface area contributed by atoms with Crippen molar-refractivity contribution in [2.24, 2.45) is 0 Å². The summed E-state index contributed by atoms with van der Waals surface area (Å²) in [6, 6.07) is 5.17. The van der Waals surface area contributed by atoms with Crippen molar-refractivity contribution in [3.8, 4) is 0 Å². The molecule has 0 aliphatic carbocycles. The third-order valence-electron chi connectivity index (χ3n) is 3.31. The van der Waals surface area contributed by atoms with Gasteiger partial charge in [0.2, 0.25) is 0 Å². The van der Waals surface area contributed by atoms with Crippen LogP contribution >= 0.6 is 0 Å². The Bertz CT molecular complexity index is 542. The van der Waals surface area contributed by atoms with Gasteiger partial charge in [0.15, 0.2) is 0 Å². The molecule has 2 aromatic rings. The molecule has 1 heterocycles. The van der Waals surface area contributed by atoms with Gasteiger partial charge in [-0.15, -0.1) is 0 Å². The third kappa shape index (κ3) is 3.45. The van der Waals surface area contributed by atoms with Crippen LogP contribution in [0.25, 0.3) is 0 Å². The maximum atomic E-state index is 13.6. The predicted molar refractivity (Wildman–Crippen MR) is 79.2 cm³/mol. The van der Waals surface area contributed by atoms with E-state index < -0.39 is 0 Å². The fourth-order valence-corrected chi connectivity index (χ4v) is 2.35. The zero-order chi connectivity index (χ0) is 14.5. The highest BCUT2D eigenvalue weighted by Crippen LogP contribution is 2.23. The number of aryl methyl sites for hydroxylation is 2. The lowest BCUT2D eigenvalue weighted by molar-refractivity contribution is 0.583. The van der Waals surface area contributed by atoms with E-state index >= 15 is 0 Å². The first-order chi connectivity index (χ1) is 9.63. The second kappa shape index (κ2) is 6.66. The van der Waals surface area contributed by atoms with Gasteiger partial charge in [-0.25, -0.2) is 4.39 Å². The molecule has 1 aromatic heterocycles. The van der Waals surface area contributed by atoms with E-state index in [2.05, 4.69) is 24.3 Å². The van der Waals surface area contributed by atoms with Gasteiger partial charge in [-0.3, -0.25) is 4.68 Å². The van der Waals surface area contributed by atoms with Crippen LogP contribution in [0.2, 0.25) is 0 Å². The summed E-state index contributed by atoms with van der Waals surface area (Å²) in [5.41, 5.74) is 2.96. The minimum atomic E-state index is -0.189. The summed E-state index contributed by atoms with van der Waals surface area (Å²) in [5, 5.41) is 7.79. The summed E-state index contributed by atoms with van der Waals surface area (Å²) in [7, 11) is 0. The molecule has 1 atom stereocenters. The van der Waals surface area contributed by atoms with Crippen LogP contribution in [0.1, 0.15) is 43.0 Å². The first-order valence-electron chi connectivity index (χ1n) is 7.16. The molecule has 0 aliphatic heterocycles. The zero-order valence-corrected chi connectivity index (χ0v) is 12.4. The zero-order valence-electron chi connectivity index (χ0n) is 12.4. The molecule has 0 fully saturated rings. The van der Waals surface area contributed by atoms with Gasteiger partial charge in [-0.05, 0) is 50.1 Å². The fraction of sp³-hybridized carbons (Fsp3) is 0.438. The van der Waals surface area contributed by atoms with E-state index in [4.69, 9.17) is 0 Å². The van der Waals surface area contributed by atoms with Crippen molar-refractivity contribution in [2.45, 2.75) is 39.8 Å². The topological polar surface area (TPSA) is 29.9 Å². The van der Waals surface area contributed by atoms with E-state index in [9.17, 15) is 4.39 Å². The van der Waals surface area contributed by atoms with E-state index in [1.807, 2.05) is 30.1 Å². The van der Waals surface area contributed by atoms with E-state index in [-0.39, 0.29) is 11.9 Å². The Hall–Kier alpha value is -1.68. The average molecular weight is 275 g/mol. The smallest absolute Gasteiger partial charge is 0.123 e. The van der Waals surface area contributed by atoms with Crippen molar-refractivity contribution in [3.63, 3.8) is 0 Å². The monoisotopic (exact) mass is 275 g/mol. The predicted octanol–water partition coefficient (Wildman–Crippen LogP) is 3.44. The van der Waals surface area contributed by atoms with Crippen molar-refractivity contribution < 1.29 is 4.39 Å². The molecule has 2 rings (SSSR count). The number of hydrogen-bond donors (Lipinski definition) is 1. The highest BCUT2D eigenvalue weighted by atomic mass is 19.1. The molecule has 3 nitrogen and oxygen atoms in total. The van der Waals surface area contributed by atoms with Gasteiger partial charge < -0.3 is 5.32 Å². The first-order valence-corrected chi connectivity index (χ1v) is 7.16. The number of hydrogen-bond acceptors (Lipinski definition) is 2.